The second-order valence-corrected chi connectivity index (χ2v) is 8.98. The molecule has 0 unspecified atom stereocenters. The van der Waals surface area contributed by atoms with Crippen molar-refractivity contribution in [3.8, 4) is 0 Å². The summed E-state index contributed by atoms with van der Waals surface area (Å²) in [6.45, 7) is 10.0. The highest BCUT2D eigenvalue weighted by atomic mass is 16.5. The van der Waals surface area contributed by atoms with E-state index in [1.165, 1.54) is 56.2 Å². The Bertz CT molecular complexity index is 529. The second kappa shape index (κ2) is 7.17. The lowest BCUT2D eigenvalue weighted by molar-refractivity contribution is -0.0294. The summed E-state index contributed by atoms with van der Waals surface area (Å²) in [4.78, 5) is 2.41. The fourth-order valence-electron chi connectivity index (χ4n) is 4.68. The van der Waals surface area contributed by atoms with E-state index in [1.54, 1.807) is 0 Å². The lowest BCUT2D eigenvalue weighted by Gasteiger charge is -2.37. The average Bonchev–Trinajstić information content (AvgIpc) is 3.11. The molecule has 1 N–H and O–H groups in total. The van der Waals surface area contributed by atoms with Gasteiger partial charge in [0, 0.05) is 6.54 Å². The molecule has 2 heterocycles. The molecule has 0 bridgehead atoms. The number of nitrogens with zero attached hydrogens (tertiary/aromatic N) is 2. The van der Waals surface area contributed by atoms with Crippen LogP contribution in [0.5, 0.6) is 0 Å². The largest absolute Gasteiger partial charge is 0.374 e. The van der Waals surface area contributed by atoms with E-state index in [0.717, 1.165) is 19.7 Å². The van der Waals surface area contributed by atoms with Crippen LogP contribution in [0.1, 0.15) is 82.9 Å². The Hall–Kier alpha value is -0.870. The number of aromatic amines is 1. The molecular weight excluding hydrogens is 298 g/mol. The molecule has 3 rings (SSSR count). The molecule has 1 saturated heterocycles. The number of ether oxygens (including phenoxy) is 1. The SMILES string of the molecule is CCCCN(C)Cc1[nH]ncc1C1CCC2(CC1)CC(C)(C)CO2. The highest BCUT2D eigenvalue weighted by molar-refractivity contribution is 5.22. The molecule has 1 aromatic heterocycles. The van der Waals surface area contributed by atoms with Crippen LogP contribution in [0.3, 0.4) is 0 Å². The summed E-state index contributed by atoms with van der Waals surface area (Å²) in [6.07, 6.45) is 10.7. The predicted molar refractivity (Wildman–Crippen MR) is 98.1 cm³/mol. The molecule has 1 saturated carbocycles. The number of aromatic nitrogens is 2. The lowest BCUT2D eigenvalue weighted by atomic mass is 9.72. The van der Waals surface area contributed by atoms with E-state index < -0.39 is 0 Å². The van der Waals surface area contributed by atoms with Crippen LogP contribution < -0.4 is 0 Å². The predicted octanol–water partition coefficient (Wildman–Crippen LogP) is 4.48. The van der Waals surface area contributed by atoms with Crippen LogP contribution >= 0.6 is 0 Å². The molecule has 1 aromatic rings. The Morgan fingerprint density at radius 1 is 1.33 bits per heavy atom. The quantitative estimate of drug-likeness (QED) is 0.834. The van der Waals surface area contributed by atoms with Gasteiger partial charge in [0.05, 0.1) is 24.1 Å². The standard InChI is InChI=1S/C20H35N3O/c1-5-6-11-23(4)13-18-17(12-21-22-18)16-7-9-20(10-8-16)14-19(2,3)15-24-20/h12,16H,5-11,13-15H2,1-4H3,(H,21,22). The minimum absolute atomic E-state index is 0.168. The molecule has 4 heteroatoms. The number of unbranched alkanes of at least 4 members (excludes halogenated alkanes) is 1. The van der Waals surface area contributed by atoms with Crippen LogP contribution in [0, 0.1) is 5.41 Å². The average molecular weight is 334 g/mol. The maximum Gasteiger partial charge on any atom is 0.0689 e. The zero-order valence-corrected chi connectivity index (χ0v) is 16.0. The minimum atomic E-state index is 0.168. The highest BCUT2D eigenvalue weighted by Crippen LogP contribution is 2.50. The summed E-state index contributed by atoms with van der Waals surface area (Å²) in [5, 5.41) is 7.62. The Morgan fingerprint density at radius 3 is 2.71 bits per heavy atom. The Balaban J connectivity index is 1.58. The van der Waals surface area contributed by atoms with E-state index in [0.29, 0.717) is 11.3 Å². The summed E-state index contributed by atoms with van der Waals surface area (Å²) in [5.41, 5.74) is 3.30. The van der Waals surface area contributed by atoms with Gasteiger partial charge in [-0.25, -0.2) is 0 Å². The maximum atomic E-state index is 6.27. The summed E-state index contributed by atoms with van der Waals surface area (Å²) in [7, 11) is 2.21. The van der Waals surface area contributed by atoms with E-state index >= 15 is 0 Å². The monoisotopic (exact) mass is 333 g/mol. The van der Waals surface area contributed by atoms with Gasteiger partial charge in [-0.15, -0.1) is 0 Å². The molecule has 0 radical (unpaired) electrons. The third-order valence-electron chi connectivity index (χ3n) is 5.98. The van der Waals surface area contributed by atoms with Gasteiger partial charge in [-0.1, -0.05) is 27.2 Å². The molecule has 136 valence electrons. The van der Waals surface area contributed by atoms with Crippen molar-refractivity contribution in [3.05, 3.63) is 17.5 Å². The molecule has 0 atom stereocenters. The molecule has 1 spiro atoms. The van der Waals surface area contributed by atoms with Crippen molar-refractivity contribution in [1.29, 1.82) is 0 Å². The van der Waals surface area contributed by atoms with Gasteiger partial charge in [0.15, 0.2) is 0 Å². The molecule has 0 aromatic carbocycles. The molecule has 4 nitrogen and oxygen atoms in total. The number of hydrogen-bond acceptors (Lipinski definition) is 3. The maximum absolute atomic E-state index is 6.27. The zero-order chi connectivity index (χ0) is 17.2. The van der Waals surface area contributed by atoms with E-state index in [2.05, 4.69) is 49.1 Å². The van der Waals surface area contributed by atoms with Crippen molar-refractivity contribution < 1.29 is 4.74 Å². The molecular formula is C20H35N3O. The van der Waals surface area contributed by atoms with Gasteiger partial charge in [0.1, 0.15) is 0 Å². The normalized spacial score (nSPS) is 29.6. The van der Waals surface area contributed by atoms with Gasteiger partial charge in [-0.2, -0.15) is 5.10 Å². The van der Waals surface area contributed by atoms with E-state index in [-0.39, 0.29) is 5.60 Å². The first kappa shape index (κ1) is 17.9. The topological polar surface area (TPSA) is 41.2 Å². The van der Waals surface area contributed by atoms with Crippen molar-refractivity contribution in [1.82, 2.24) is 15.1 Å². The van der Waals surface area contributed by atoms with Crippen LogP contribution in [0.15, 0.2) is 6.20 Å². The lowest BCUT2D eigenvalue weighted by Crippen LogP contribution is -2.33. The summed E-state index contributed by atoms with van der Waals surface area (Å²) >= 11 is 0. The summed E-state index contributed by atoms with van der Waals surface area (Å²) < 4.78 is 6.27. The number of hydrogen-bond donors (Lipinski definition) is 1. The van der Waals surface area contributed by atoms with Crippen LogP contribution in [-0.2, 0) is 11.3 Å². The zero-order valence-electron chi connectivity index (χ0n) is 16.0. The van der Waals surface area contributed by atoms with Crippen LogP contribution in [0.2, 0.25) is 0 Å². The fraction of sp³-hybridized carbons (Fsp3) is 0.850. The first-order valence-electron chi connectivity index (χ1n) is 9.78. The van der Waals surface area contributed by atoms with Crippen LogP contribution in [0.25, 0.3) is 0 Å². The molecule has 24 heavy (non-hydrogen) atoms. The number of rotatable bonds is 6. The van der Waals surface area contributed by atoms with Gasteiger partial charge in [-0.05, 0) is 69.0 Å². The van der Waals surface area contributed by atoms with Gasteiger partial charge in [-0.3, -0.25) is 5.10 Å². The molecule has 1 aliphatic carbocycles. The number of nitrogens with one attached hydrogen (secondary N) is 1. The van der Waals surface area contributed by atoms with Crippen molar-refractivity contribution in [2.24, 2.45) is 5.41 Å². The smallest absolute Gasteiger partial charge is 0.0689 e. The molecule has 2 fully saturated rings. The van der Waals surface area contributed by atoms with Crippen molar-refractivity contribution in [2.75, 3.05) is 20.2 Å². The highest BCUT2D eigenvalue weighted by Gasteiger charge is 2.46. The van der Waals surface area contributed by atoms with Crippen LogP contribution in [-0.4, -0.2) is 40.9 Å². The van der Waals surface area contributed by atoms with Gasteiger partial charge < -0.3 is 9.64 Å². The van der Waals surface area contributed by atoms with E-state index in [1.807, 2.05) is 0 Å². The summed E-state index contributed by atoms with van der Waals surface area (Å²) in [6, 6.07) is 0. The first-order chi connectivity index (χ1) is 11.4. The van der Waals surface area contributed by atoms with Gasteiger partial charge >= 0.3 is 0 Å². The Labute approximate surface area is 147 Å². The van der Waals surface area contributed by atoms with Gasteiger partial charge in [0.2, 0.25) is 0 Å². The summed E-state index contributed by atoms with van der Waals surface area (Å²) in [5.74, 6) is 0.649. The minimum Gasteiger partial charge on any atom is -0.374 e. The number of H-pyrrole nitrogens is 1. The fourth-order valence-corrected chi connectivity index (χ4v) is 4.68. The molecule has 2 aliphatic rings. The van der Waals surface area contributed by atoms with Crippen molar-refractivity contribution in [2.45, 2.75) is 83.8 Å². The van der Waals surface area contributed by atoms with Gasteiger partial charge in [0.25, 0.3) is 0 Å². The van der Waals surface area contributed by atoms with E-state index in [9.17, 15) is 0 Å². The van der Waals surface area contributed by atoms with E-state index in [4.69, 9.17) is 4.74 Å². The molecule has 1 aliphatic heterocycles. The Morgan fingerprint density at radius 2 is 2.08 bits per heavy atom. The molecule has 0 amide bonds. The van der Waals surface area contributed by atoms with Crippen LogP contribution in [0.4, 0.5) is 0 Å². The second-order valence-electron chi connectivity index (χ2n) is 8.98. The third-order valence-corrected chi connectivity index (χ3v) is 5.98. The third kappa shape index (κ3) is 4.02. The van der Waals surface area contributed by atoms with Crippen molar-refractivity contribution >= 4 is 0 Å². The first-order valence-corrected chi connectivity index (χ1v) is 9.78. The Kier molecular flexibility index (Phi) is 5.36. The van der Waals surface area contributed by atoms with Crippen molar-refractivity contribution in [3.63, 3.8) is 0 Å².